The van der Waals surface area contributed by atoms with E-state index < -0.39 is 10.0 Å². The number of sulfonamides is 1. The number of benzene rings is 1. The molecule has 0 bridgehead atoms. The van der Waals surface area contributed by atoms with Gasteiger partial charge in [0, 0.05) is 23.9 Å². The number of piperidine rings is 1. The van der Waals surface area contributed by atoms with Crippen LogP contribution in [0.2, 0.25) is 4.34 Å². The van der Waals surface area contributed by atoms with Gasteiger partial charge in [-0.15, -0.1) is 11.3 Å². The molecular weight excluding hydrogens is 449 g/mol. The lowest BCUT2D eigenvalue weighted by Crippen LogP contribution is -2.34. The lowest BCUT2D eigenvalue weighted by Gasteiger charge is -2.31. The van der Waals surface area contributed by atoms with Crippen LogP contribution in [0.25, 0.3) is 11.0 Å². The second-order valence-electron chi connectivity index (χ2n) is 7.49. The lowest BCUT2D eigenvalue weighted by molar-refractivity contribution is 0.206. The normalized spacial score (nSPS) is 16.5. The molecule has 3 aromatic rings. The third-order valence-corrected chi connectivity index (χ3v) is 8.63. The first-order valence-corrected chi connectivity index (χ1v) is 12.6. The van der Waals surface area contributed by atoms with Crippen LogP contribution in [-0.2, 0) is 10.0 Å². The molecule has 10 heteroatoms. The number of likely N-dealkylation sites (tertiary alicyclic amines) is 1. The number of rotatable bonds is 8. The molecule has 1 aliphatic heterocycles. The average Bonchev–Trinajstić information content (AvgIpc) is 3.34. The van der Waals surface area contributed by atoms with Crippen LogP contribution in [0.15, 0.2) is 39.1 Å². The molecule has 0 amide bonds. The standard InChI is InChI=1S/C20H23ClFN3O3S2/c21-18-5-6-19(29-18)30(26,27)23-9-1-2-10-25-11-7-14(8-12-25)20-16-4-3-15(22)13-17(16)28-24-20/h3-6,13-14,23H,1-2,7-12H2. The summed E-state index contributed by atoms with van der Waals surface area (Å²) < 4.78 is 46.3. The molecule has 1 aliphatic rings. The summed E-state index contributed by atoms with van der Waals surface area (Å²) in [7, 11) is -3.47. The molecule has 1 fully saturated rings. The van der Waals surface area contributed by atoms with E-state index in [0.717, 1.165) is 67.7 Å². The SMILES string of the molecule is O=S(=O)(NCCCCN1CCC(c2noc3cc(F)ccc23)CC1)c1ccc(Cl)s1. The Labute approximate surface area is 184 Å². The number of hydrogen-bond acceptors (Lipinski definition) is 6. The van der Waals surface area contributed by atoms with Gasteiger partial charge in [0.25, 0.3) is 0 Å². The summed E-state index contributed by atoms with van der Waals surface area (Å²) in [4.78, 5) is 2.39. The van der Waals surface area contributed by atoms with Crippen LogP contribution in [0.5, 0.6) is 0 Å². The molecule has 30 heavy (non-hydrogen) atoms. The van der Waals surface area contributed by atoms with Gasteiger partial charge in [0.15, 0.2) is 5.58 Å². The van der Waals surface area contributed by atoms with Crippen LogP contribution in [-0.4, -0.2) is 44.7 Å². The third kappa shape index (κ3) is 5.03. The van der Waals surface area contributed by atoms with Gasteiger partial charge in [-0.2, -0.15) is 0 Å². The summed E-state index contributed by atoms with van der Waals surface area (Å²) in [6.07, 6.45) is 3.65. The fourth-order valence-corrected chi connectivity index (χ4v) is 6.44. The molecule has 0 aliphatic carbocycles. The van der Waals surface area contributed by atoms with E-state index in [1.807, 2.05) is 0 Å². The predicted molar refractivity (Wildman–Crippen MR) is 116 cm³/mol. The number of aromatic nitrogens is 1. The summed E-state index contributed by atoms with van der Waals surface area (Å²) in [6.45, 7) is 3.26. The van der Waals surface area contributed by atoms with Crippen molar-refractivity contribution >= 4 is 43.9 Å². The van der Waals surface area contributed by atoms with Crippen molar-refractivity contribution in [3.8, 4) is 0 Å². The van der Waals surface area contributed by atoms with Crippen LogP contribution < -0.4 is 4.72 Å². The van der Waals surface area contributed by atoms with E-state index in [9.17, 15) is 12.8 Å². The van der Waals surface area contributed by atoms with Crippen molar-refractivity contribution in [3.05, 3.63) is 46.2 Å². The Morgan fingerprint density at radius 3 is 2.77 bits per heavy atom. The van der Waals surface area contributed by atoms with Gasteiger partial charge in [0.2, 0.25) is 10.0 Å². The van der Waals surface area contributed by atoms with Crippen molar-refractivity contribution in [1.82, 2.24) is 14.8 Å². The van der Waals surface area contributed by atoms with Crippen molar-refractivity contribution < 1.29 is 17.3 Å². The number of nitrogens with zero attached hydrogens (tertiary/aromatic N) is 2. The number of hydrogen-bond donors (Lipinski definition) is 1. The highest BCUT2D eigenvalue weighted by Gasteiger charge is 2.25. The zero-order chi connectivity index (χ0) is 21.1. The summed E-state index contributed by atoms with van der Waals surface area (Å²) >= 11 is 6.87. The molecule has 3 heterocycles. The number of unbranched alkanes of at least 4 members (excludes halogenated alkanes) is 1. The Kier molecular flexibility index (Phi) is 6.74. The van der Waals surface area contributed by atoms with Crippen LogP contribution in [0, 0.1) is 5.82 Å². The van der Waals surface area contributed by atoms with Gasteiger partial charge in [-0.3, -0.25) is 0 Å². The van der Waals surface area contributed by atoms with Crippen molar-refractivity contribution in [2.45, 2.75) is 35.8 Å². The zero-order valence-corrected chi connectivity index (χ0v) is 18.7. The van der Waals surface area contributed by atoms with Crippen molar-refractivity contribution in [1.29, 1.82) is 0 Å². The zero-order valence-electron chi connectivity index (χ0n) is 16.3. The monoisotopic (exact) mass is 471 g/mol. The number of fused-ring (bicyclic) bond motifs is 1. The maximum absolute atomic E-state index is 13.3. The third-order valence-electron chi connectivity index (χ3n) is 5.44. The van der Waals surface area contributed by atoms with Gasteiger partial charge in [0.05, 0.1) is 10.0 Å². The van der Waals surface area contributed by atoms with Gasteiger partial charge in [-0.1, -0.05) is 16.8 Å². The lowest BCUT2D eigenvalue weighted by atomic mass is 9.91. The molecule has 1 N–H and O–H groups in total. The molecule has 0 saturated carbocycles. The van der Waals surface area contributed by atoms with E-state index in [-0.39, 0.29) is 10.0 Å². The highest BCUT2D eigenvalue weighted by molar-refractivity contribution is 7.91. The molecule has 1 aromatic carbocycles. The van der Waals surface area contributed by atoms with E-state index in [2.05, 4.69) is 14.8 Å². The van der Waals surface area contributed by atoms with Gasteiger partial charge < -0.3 is 9.42 Å². The molecule has 0 spiro atoms. The van der Waals surface area contributed by atoms with E-state index >= 15 is 0 Å². The van der Waals surface area contributed by atoms with Gasteiger partial charge in [0.1, 0.15) is 10.0 Å². The highest BCUT2D eigenvalue weighted by atomic mass is 35.5. The van der Waals surface area contributed by atoms with E-state index in [4.69, 9.17) is 16.1 Å². The Balaban J connectivity index is 1.19. The molecule has 0 atom stereocenters. The molecule has 162 valence electrons. The van der Waals surface area contributed by atoms with Crippen molar-refractivity contribution in [3.63, 3.8) is 0 Å². The van der Waals surface area contributed by atoms with E-state index in [0.29, 0.717) is 22.4 Å². The summed E-state index contributed by atoms with van der Waals surface area (Å²) in [5.41, 5.74) is 1.42. The van der Waals surface area contributed by atoms with Crippen molar-refractivity contribution in [2.75, 3.05) is 26.2 Å². The molecule has 0 radical (unpaired) electrons. The first kappa shape index (κ1) is 21.7. The minimum atomic E-state index is -3.47. The maximum atomic E-state index is 13.3. The van der Waals surface area contributed by atoms with E-state index in [1.54, 1.807) is 12.1 Å². The second-order valence-corrected chi connectivity index (χ2v) is 11.2. The second kappa shape index (κ2) is 9.32. The first-order valence-electron chi connectivity index (χ1n) is 9.94. The maximum Gasteiger partial charge on any atom is 0.250 e. The quantitative estimate of drug-likeness (QED) is 0.485. The minimum Gasteiger partial charge on any atom is -0.356 e. The van der Waals surface area contributed by atoms with Gasteiger partial charge >= 0.3 is 0 Å². The molecule has 0 unspecified atom stereocenters. The molecule has 2 aromatic heterocycles. The van der Waals surface area contributed by atoms with Gasteiger partial charge in [-0.25, -0.2) is 17.5 Å². The predicted octanol–water partition coefficient (Wildman–Crippen LogP) is 4.62. The summed E-state index contributed by atoms with van der Waals surface area (Å²) in [5, 5.41) is 5.09. The Morgan fingerprint density at radius 2 is 2.03 bits per heavy atom. The van der Waals surface area contributed by atoms with Crippen LogP contribution in [0.3, 0.4) is 0 Å². The van der Waals surface area contributed by atoms with Crippen LogP contribution in [0.4, 0.5) is 4.39 Å². The van der Waals surface area contributed by atoms with Crippen molar-refractivity contribution in [2.24, 2.45) is 0 Å². The summed E-state index contributed by atoms with van der Waals surface area (Å²) in [6, 6.07) is 7.67. The molecular formula is C20H23ClFN3O3S2. The fourth-order valence-electron chi connectivity index (χ4n) is 3.84. The molecule has 6 nitrogen and oxygen atoms in total. The highest BCUT2D eigenvalue weighted by Crippen LogP contribution is 2.32. The number of thiophene rings is 1. The average molecular weight is 472 g/mol. The Bertz CT molecular complexity index is 1110. The summed E-state index contributed by atoms with van der Waals surface area (Å²) in [5.74, 6) is -0.00103. The van der Waals surface area contributed by atoms with Crippen LogP contribution >= 0.6 is 22.9 Å². The Morgan fingerprint density at radius 1 is 1.23 bits per heavy atom. The fraction of sp³-hybridized carbons (Fsp3) is 0.450. The molecule has 4 rings (SSSR count). The van der Waals surface area contributed by atoms with Gasteiger partial charge in [-0.05, 0) is 69.6 Å². The topological polar surface area (TPSA) is 75.4 Å². The number of halogens is 2. The number of nitrogens with one attached hydrogen (secondary N) is 1. The van der Waals surface area contributed by atoms with E-state index in [1.165, 1.54) is 18.2 Å². The Hall–Kier alpha value is -1.52. The smallest absolute Gasteiger partial charge is 0.250 e. The first-order chi connectivity index (χ1) is 14.4. The minimum absolute atomic E-state index is 0.248. The largest absolute Gasteiger partial charge is 0.356 e. The molecule has 1 saturated heterocycles. The van der Waals surface area contributed by atoms with Crippen LogP contribution in [0.1, 0.15) is 37.3 Å².